The van der Waals surface area contributed by atoms with Gasteiger partial charge in [0.05, 0.1) is 13.2 Å². The average Bonchev–Trinajstić information content (AvgIpc) is 1.68. The van der Waals surface area contributed by atoms with Crippen LogP contribution in [0.5, 0.6) is 0 Å². The molecule has 0 aromatic rings. The maximum atomic E-state index is 10.1. The summed E-state index contributed by atoms with van der Waals surface area (Å²) in [6.07, 6.45) is 0. The van der Waals surface area contributed by atoms with Crippen molar-refractivity contribution in [3.63, 3.8) is 0 Å². The van der Waals surface area contributed by atoms with Crippen LogP contribution < -0.4 is 5.73 Å². The van der Waals surface area contributed by atoms with Gasteiger partial charge in [-0.05, 0) is 6.92 Å². The average molecular weight is 105 g/mol. The molecule has 0 amide bonds. The predicted octanol–water partition coefficient (Wildman–Crippen LogP) is -0.492. The molecule has 3 nitrogen and oxygen atoms in total. The highest BCUT2D eigenvalue weighted by atomic mass is 16.6. The summed E-state index contributed by atoms with van der Waals surface area (Å²) >= 11 is 0. The highest BCUT2D eigenvalue weighted by Crippen LogP contribution is 1.69. The van der Waals surface area contributed by atoms with E-state index in [1.165, 1.54) is 0 Å². The first-order valence-electron chi connectivity index (χ1n) is 2.17. The maximum Gasteiger partial charge on any atom is 0.319 e. The van der Waals surface area contributed by atoms with E-state index in [1.54, 1.807) is 6.92 Å². The van der Waals surface area contributed by atoms with Gasteiger partial charge in [-0.25, -0.2) is 0 Å². The van der Waals surface area contributed by atoms with Crippen molar-refractivity contribution >= 4 is 5.97 Å². The molecule has 0 unspecified atom stereocenters. The van der Waals surface area contributed by atoms with Gasteiger partial charge in [-0.2, -0.15) is 0 Å². The molecule has 0 fully saturated rings. The van der Waals surface area contributed by atoms with Crippen LogP contribution in [-0.4, -0.2) is 19.1 Å². The SMILES string of the molecule is CCO[13C](=O)[13CH2]N. The Morgan fingerprint density at radius 1 is 1.86 bits per heavy atom. The van der Waals surface area contributed by atoms with E-state index in [-0.39, 0.29) is 12.5 Å². The third-order valence-corrected chi connectivity index (χ3v) is 0.472. The molecule has 0 heterocycles. The molecule has 0 rings (SSSR count). The minimum Gasteiger partial charge on any atom is -0.465 e. The summed E-state index contributed by atoms with van der Waals surface area (Å²) in [6, 6.07) is 0. The van der Waals surface area contributed by atoms with Crippen LogP contribution in [0, 0.1) is 0 Å². The van der Waals surface area contributed by atoms with Crippen molar-refractivity contribution in [3.05, 3.63) is 0 Å². The van der Waals surface area contributed by atoms with Crippen LogP contribution in [0.3, 0.4) is 0 Å². The fourth-order valence-electron chi connectivity index (χ4n) is 0.220. The lowest BCUT2D eigenvalue weighted by molar-refractivity contribution is -0.141. The van der Waals surface area contributed by atoms with Crippen LogP contribution in [0.25, 0.3) is 0 Å². The summed E-state index contributed by atoms with van der Waals surface area (Å²) < 4.78 is 4.43. The normalized spacial score (nSPS) is 8.29. The zero-order chi connectivity index (χ0) is 5.70. The largest absolute Gasteiger partial charge is 0.465 e. The Bertz CT molecular complexity index is 62.7. The van der Waals surface area contributed by atoms with Gasteiger partial charge in [0.1, 0.15) is 0 Å². The number of carbonyl (C=O) groups is 1. The number of carbonyl (C=O) groups excluding carboxylic acids is 1. The van der Waals surface area contributed by atoms with E-state index in [0.717, 1.165) is 0 Å². The Hall–Kier alpha value is -0.570. The highest BCUT2D eigenvalue weighted by molar-refractivity contribution is 5.71. The Kier molecular flexibility index (Phi) is 3.32. The summed E-state index contributed by atoms with van der Waals surface area (Å²) in [7, 11) is 0. The third-order valence-electron chi connectivity index (χ3n) is 0.472. The fraction of sp³-hybridized carbons (Fsp3) is 0.750. The summed E-state index contributed by atoms with van der Waals surface area (Å²) in [5, 5.41) is 0. The van der Waals surface area contributed by atoms with Crippen molar-refractivity contribution in [2.24, 2.45) is 5.73 Å². The molecular formula is C4H9NO2. The molecule has 0 aliphatic heterocycles. The molecule has 0 spiro atoms. The fourth-order valence-corrected chi connectivity index (χ4v) is 0.220. The minimum atomic E-state index is -0.345. The van der Waals surface area contributed by atoms with Crippen LogP contribution >= 0.6 is 0 Å². The highest BCUT2D eigenvalue weighted by Gasteiger charge is 1.91. The number of ether oxygens (including phenoxy) is 1. The first-order valence-corrected chi connectivity index (χ1v) is 2.17. The molecular weight excluding hydrogens is 96.0 g/mol. The number of nitrogens with two attached hydrogens (primary N) is 1. The first kappa shape index (κ1) is 6.43. The zero-order valence-corrected chi connectivity index (χ0v) is 4.31. The van der Waals surface area contributed by atoms with E-state index in [9.17, 15) is 4.79 Å². The van der Waals surface area contributed by atoms with E-state index < -0.39 is 0 Å². The Morgan fingerprint density at radius 2 is 2.43 bits per heavy atom. The second-order valence-electron chi connectivity index (χ2n) is 1.01. The van der Waals surface area contributed by atoms with Gasteiger partial charge in [-0.15, -0.1) is 0 Å². The van der Waals surface area contributed by atoms with Gasteiger partial charge in [-0.1, -0.05) is 0 Å². The monoisotopic (exact) mass is 105 g/mol. The van der Waals surface area contributed by atoms with E-state index in [4.69, 9.17) is 5.73 Å². The van der Waals surface area contributed by atoms with Gasteiger partial charge >= 0.3 is 5.97 Å². The quantitative estimate of drug-likeness (QED) is 0.380. The second kappa shape index (κ2) is 3.61. The third kappa shape index (κ3) is 3.26. The predicted molar refractivity (Wildman–Crippen MR) is 25.7 cm³/mol. The lowest BCUT2D eigenvalue weighted by atomic mass is 10.9. The molecule has 7 heavy (non-hydrogen) atoms. The molecule has 0 aliphatic carbocycles. The van der Waals surface area contributed by atoms with Crippen LogP contribution in [0.1, 0.15) is 6.92 Å². The number of hydrogen-bond donors (Lipinski definition) is 1. The van der Waals surface area contributed by atoms with Gasteiger partial charge < -0.3 is 10.5 Å². The van der Waals surface area contributed by atoms with Crippen molar-refractivity contribution in [2.45, 2.75) is 6.92 Å². The van der Waals surface area contributed by atoms with Crippen LogP contribution in [0.4, 0.5) is 0 Å². The van der Waals surface area contributed by atoms with Gasteiger partial charge in [0.15, 0.2) is 0 Å². The van der Waals surface area contributed by atoms with Crippen LogP contribution in [0.2, 0.25) is 0 Å². The molecule has 3 heteroatoms. The van der Waals surface area contributed by atoms with Gasteiger partial charge in [0.2, 0.25) is 0 Å². The van der Waals surface area contributed by atoms with Gasteiger partial charge in [0.25, 0.3) is 0 Å². The van der Waals surface area contributed by atoms with E-state index in [2.05, 4.69) is 4.74 Å². The lowest BCUT2D eigenvalue weighted by Gasteiger charge is -1.93. The molecule has 0 aromatic carbocycles. The Balaban J connectivity index is 3.00. The molecule has 0 atom stereocenters. The zero-order valence-electron chi connectivity index (χ0n) is 4.31. The minimum absolute atomic E-state index is 0.0200. The summed E-state index contributed by atoms with van der Waals surface area (Å²) in [6.45, 7) is 2.14. The number of hydrogen-bond acceptors (Lipinski definition) is 3. The maximum absolute atomic E-state index is 10.1. The lowest BCUT2D eigenvalue weighted by Crippen LogP contribution is -2.16. The number of esters is 1. The smallest absolute Gasteiger partial charge is 0.319 e. The van der Waals surface area contributed by atoms with Crippen LogP contribution in [-0.2, 0) is 9.53 Å². The molecule has 0 aliphatic rings. The summed E-state index contributed by atoms with van der Waals surface area (Å²) in [4.78, 5) is 10.1. The topological polar surface area (TPSA) is 52.3 Å². The molecule has 0 bridgehead atoms. The van der Waals surface area contributed by atoms with Crippen molar-refractivity contribution in [3.8, 4) is 0 Å². The van der Waals surface area contributed by atoms with E-state index in [0.29, 0.717) is 6.61 Å². The van der Waals surface area contributed by atoms with Crippen LogP contribution in [0.15, 0.2) is 0 Å². The Labute approximate surface area is 42.4 Å². The van der Waals surface area contributed by atoms with E-state index in [1.807, 2.05) is 0 Å². The van der Waals surface area contributed by atoms with Crippen molar-refractivity contribution < 1.29 is 9.53 Å². The van der Waals surface area contributed by atoms with Crippen molar-refractivity contribution in [1.29, 1.82) is 0 Å². The molecule has 42 valence electrons. The van der Waals surface area contributed by atoms with Crippen molar-refractivity contribution in [1.82, 2.24) is 0 Å². The van der Waals surface area contributed by atoms with Gasteiger partial charge in [-0.3, -0.25) is 4.79 Å². The first-order chi connectivity index (χ1) is 3.31. The Morgan fingerprint density at radius 3 is 2.57 bits per heavy atom. The van der Waals surface area contributed by atoms with E-state index >= 15 is 0 Å². The number of rotatable bonds is 2. The van der Waals surface area contributed by atoms with Crippen molar-refractivity contribution in [2.75, 3.05) is 13.2 Å². The molecule has 0 aromatic heterocycles. The molecule has 2 N–H and O–H groups in total. The van der Waals surface area contributed by atoms with Gasteiger partial charge in [0, 0.05) is 0 Å². The summed E-state index contributed by atoms with van der Waals surface area (Å²) in [5.74, 6) is -0.345. The molecule has 0 saturated carbocycles. The second-order valence-corrected chi connectivity index (χ2v) is 1.01. The molecule has 0 radical (unpaired) electrons. The summed E-state index contributed by atoms with van der Waals surface area (Å²) in [5.41, 5.74) is 4.88. The standard InChI is InChI=1S/C4H9NO2/c1-2-7-4(6)3-5/h2-3,5H2,1H3/i3+1,4+1. The molecule has 0 saturated heterocycles.